The highest BCUT2D eigenvalue weighted by Crippen LogP contribution is 2.47. The summed E-state index contributed by atoms with van der Waals surface area (Å²) in [5.41, 5.74) is 4.45. The van der Waals surface area contributed by atoms with Crippen LogP contribution in [0.25, 0.3) is 0 Å². The van der Waals surface area contributed by atoms with Crippen LogP contribution in [0, 0.1) is 11.3 Å². The number of fused-ring (bicyclic) bond motifs is 1. The number of nitrogens with zero attached hydrogens (tertiary/aromatic N) is 2. The van der Waals surface area contributed by atoms with E-state index in [1.165, 1.54) is 0 Å². The van der Waals surface area contributed by atoms with Gasteiger partial charge in [0.2, 0.25) is 17.7 Å². The summed E-state index contributed by atoms with van der Waals surface area (Å²) in [7, 11) is 0. The summed E-state index contributed by atoms with van der Waals surface area (Å²) in [4.78, 5) is 40.0. The number of likely N-dealkylation sites (tertiary alicyclic amines) is 2. The largest absolute Gasteiger partial charge is 0.396 e. The van der Waals surface area contributed by atoms with E-state index in [-0.39, 0.29) is 30.4 Å². The van der Waals surface area contributed by atoms with Gasteiger partial charge in [-0.15, -0.1) is 0 Å². The van der Waals surface area contributed by atoms with E-state index in [1.807, 2.05) is 4.90 Å². The van der Waals surface area contributed by atoms with Gasteiger partial charge in [-0.05, 0) is 38.0 Å². The van der Waals surface area contributed by atoms with E-state index in [0.717, 1.165) is 12.8 Å². The average molecular weight is 323 g/mol. The summed E-state index contributed by atoms with van der Waals surface area (Å²) in [6.45, 7) is 1.82. The van der Waals surface area contributed by atoms with Crippen LogP contribution in [0.1, 0.15) is 38.5 Å². The first-order valence-electron chi connectivity index (χ1n) is 8.49. The van der Waals surface area contributed by atoms with Crippen molar-refractivity contribution in [3.63, 3.8) is 0 Å². The second-order valence-electron chi connectivity index (χ2n) is 7.02. The lowest BCUT2D eigenvalue weighted by atomic mass is 9.83. The smallest absolute Gasteiger partial charge is 0.238 e. The van der Waals surface area contributed by atoms with E-state index in [0.29, 0.717) is 45.3 Å². The number of aliphatic hydroxyl groups excluding tert-OH is 1. The second-order valence-corrected chi connectivity index (χ2v) is 7.02. The molecular formula is C16H25N3O4. The minimum Gasteiger partial charge on any atom is -0.396 e. The van der Waals surface area contributed by atoms with Crippen LogP contribution in [0.3, 0.4) is 0 Å². The number of primary amides is 1. The van der Waals surface area contributed by atoms with Crippen molar-refractivity contribution < 1.29 is 19.5 Å². The second kappa shape index (κ2) is 6.11. The van der Waals surface area contributed by atoms with Gasteiger partial charge in [0.25, 0.3) is 0 Å². The zero-order valence-corrected chi connectivity index (χ0v) is 13.4. The Labute approximate surface area is 135 Å². The predicted molar refractivity (Wildman–Crippen MR) is 82.0 cm³/mol. The average Bonchev–Trinajstić information content (AvgIpc) is 3.35. The zero-order valence-electron chi connectivity index (χ0n) is 13.4. The van der Waals surface area contributed by atoms with E-state index in [1.54, 1.807) is 4.90 Å². The van der Waals surface area contributed by atoms with E-state index in [9.17, 15) is 14.4 Å². The molecule has 2 aliphatic heterocycles. The molecule has 7 nitrogen and oxygen atoms in total. The maximum Gasteiger partial charge on any atom is 0.238 e. The Morgan fingerprint density at radius 2 is 2.04 bits per heavy atom. The molecule has 23 heavy (non-hydrogen) atoms. The van der Waals surface area contributed by atoms with Crippen molar-refractivity contribution in [3.8, 4) is 0 Å². The van der Waals surface area contributed by atoms with Gasteiger partial charge in [0.05, 0.1) is 0 Å². The Bertz CT molecular complexity index is 517. The lowest BCUT2D eigenvalue weighted by Crippen LogP contribution is -2.58. The van der Waals surface area contributed by atoms with Gasteiger partial charge in [-0.3, -0.25) is 14.4 Å². The first-order valence-corrected chi connectivity index (χ1v) is 8.49. The minimum absolute atomic E-state index is 0.0763. The molecule has 1 aliphatic carbocycles. The minimum atomic E-state index is -0.950. The van der Waals surface area contributed by atoms with E-state index >= 15 is 0 Å². The molecule has 0 spiro atoms. The molecule has 7 heteroatoms. The molecule has 2 atom stereocenters. The van der Waals surface area contributed by atoms with Crippen LogP contribution in [0.2, 0.25) is 0 Å². The molecule has 3 rings (SSSR count). The quantitative estimate of drug-likeness (QED) is 0.664. The number of aliphatic hydroxyl groups is 1. The van der Waals surface area contributed by atoms with Gasteiger partial charge in [0, 0.05) is 38.7 Å². The molecule has 128 valence electrons. The molecular weight excluding hydrogens is 298 g/mol. The number of carbonyl (C=O) groups excluding carboxylic acids is 3. The number of hydrogen-bond acceptors (Lipinski definition) is 4. The van der Waals surface area contributed by atoms with Crippen LogP contribution in [0.15, 0.2) is 0 Å². The van der Waals surface area contributed by atoms with Crippen molar-refractivity contribution in [2.45, 2.75) is 44.6 Å². The van der Waals surface area contributed by atoms with Gasteiger partial charge >= 0.3 is 0 Å². The molecule has 2 saturated heterocycles. The van der Waals surface area contributed by atoms with Gasteiger partial charge in [-0.1, -0.05) is 0 Å². The number of piperidine rings is 2. The monoisotopic (exact) mass is 323 g/mol. The fraction of sp³-hybridized carbons (Fsp3) is 0.812. The third-order valence-electron chi connectivity index (χ3n) is 5.62. The molecule has 0 aromatic rings. The predicted octanol–water partition coefficient (Wildman–Crippen LogP) is -0.526. The highest BCUT2D eigenvalue weighted by atomic mass is 16.3. The number of amides is 3. The standard InChI is InChI=1S/C16H25N3O4/c17-14(22)16(5-6-16)15(23)18-8-4-12-11(10-18)2-3-13(21)19(12)7-1-9-20/h11-12,20H,1-10H2,(H2,17,22)/t11-,12+/m0/s1. The first-order chi connectivity index (χ1) is 11.0. The maximum atomic E-state index is 12.6. The molecule has 0 radical (unpaired) electrons. The van der Waals surface area contributed by atoms with E-state index in [4.69, 9.17) is 10.8 Å². The number of hydrogen-bond donors (Lipinski definition) is 2. The van der Waals surface area contributed by atoms with Crippen LogP contribution >= 0.6 is 0 Å². The van der Waals surface area contributed by atoms with Crippen LogP contribution in [0.5, 0.6) is 0 Å². The molecule has 1 saturated carbocycles. The maximum absolute atomic E-state index is 12.6. The van der Waals surface area contributed by atoms with Gasteiger partial charge in [-0.2, -0.15) is 0 Å². The number of carbonyl (C=O) groups is 3. The van der Waals surface area contributed by atoms with E-state index < -0.39 is 11.3 Å². The lowest BCUT2D eigenvalue weighted by molar-refractivity contribution is -0.148. The molecule has 0 aromatic carbocycles. The fourth-order valence-electron chi connectivity index (χ4n) is 4.06. The van der Waals surface area contributed by atoms with Crippen molar-refractivity contribution in [1.82, 2.24) is 9.80 Å². The number of rotatable bonds is 5. The van der Waals surface area contributed by atoms with Crippen LogP contribution in [-0.4, -0.2) is 64.9 Å². The number of nitrogens with two attached hydrogens (primary N) is 1. The Morgan fingerprint density at radius 1 is 1.30 bits per heavy atom. The van der Waals surface area contributed by atoms with Crippen molar-refractivity contribution in [1.29, 1.82) is 0 Å². The van der Waals surface area contributed by atoms with Crippen LogP contribution in [0.4, 0.5) is 0 Å². The summed E-state index contributed by atoms with van der Waals surface area (Å²) in [6.07, 6.45) is 3.73. The molecule has 2 heterocycles. The van der Waals surface area contributed by atoms with Crippen molar-refractivity contribution in [3.05, 3.63) is 0 Å². The van der Waals surface area contributed by atoms with Gasteiger partial charge < -0.3 is 20.6 Å². The van der Waals surface area contributed by atoms with Crippen LogP contribution in [-0.2, 0) is 14.4 Å². The highest BCUT2D eigenvalue weighted by Gasteiger charge is 2.57. The third kappa shape index (κ3) is 2.82. The van der Waals surface area contributed by atoms with E-state index in [2.05, 4.69) is 0 Å². The van der Waals surface area contributed by atoms with Crippen molar-refractivity contribution in [2.75, 3.05) is 26.2 Å². The Morgan fingerprint density at radius 3 is 2.65 bits per heavy atom. The van der Waals surface area contributed by atoms with Gasteiger partial charge in [-0.25, -0.2) is 0 Å². The summed E-state index contributed by atoms with van der Waals surface area (Å²) in [6, 6.07) is 0.149. The third-order valence-corrected chi connectivity index (χ3v) is 5.62. The highest BCUT2D eigenvalue weighted by molar-refractivity contribution is 6.07. The topological polar surface area (TPSA) is 104 Å². The zero-order chi connectivity index (χ0) is 16.6. The van der Waals surface area contributed by atoms with Gasteiger partial charge in [0.15, 0.2) is 0 Å². The normalized spacial score (nSPS) is 29.2. The molecule has 0 aromatic heterocycles. The van der Waals surface area contributed by atoms with Crippen molar-refractivity contribution >= 4 is 17.7 Å². The molecule has 0 unspecified atom stereocenters. The molecule has 3 fully saturated rings. The fourth-order valence-corrected chi connectivity index (χ4v) is 4.06. The van der Waals surface area contributed by atoms with Crippen LogP contribution < -0.4 is 5.73 Å². The van der Waals surface area contributed by atoms with Gasteiger partial charge in [0.1, 0.15) is 5.41 Å². The summed E-state index contributed by atoms with van der Waals surface area (Å²) in [5.74, 6) is -0.224. The Balaban J connectivity index is 1.66. The summed E-state index contributed by atoms with van der Waals surface area (Å²) >= 11 is 0. The Hall–Kier alpha value is -1.63. The SMILES string of the molecule is NC(=O)C1(C(=O)N2CC[C@@H]3[C@@H](CCC(=O)N3CCCO)C2)CC1. The Kier molecular flexibility index (Phi) is 4.31. The summed E-state index contributed by atoms with van der Waals surface area (Å²) in [5, 5.41) is 9.01. The summed E-state index contributed by atoms with van der Waals surface area (Å²) < 4.78 is 0. The lowest BCUT2D eigenvalue weighted by Gasteiger charge is -2.47. The molecule has 0 bridgehead atoms. The van der Waals surface area contributed by atoms with Crippen molar-refractivity contribution in [2.24, 2.45) is 17.1 Å². The molecule has 3 N–H and O–H groups in total. The first kappa shape index (κ1) is 16.2. The molecule has 3 amide bonds. The molecule has 3 aliphatic rings.